The molecule has 1 heterocycles. The van der Waals surface area contributed by atoms with Crippen molar-refractivity contribution >= 4 is 39.3 Å². The van der Waals surface area contributed by atoms with Gasteiger partial charge in [-0.15, -0.1) is 0 Å². The maximum Gasteiger partial charge on any atom is 0.248 e. The molecule has 1 amide bonds. The van der Waals surface area contributed by atoms with Crippen LogP contribution in [-0.4, -0.2) is 52.0 Å². The second-order valence-electron chi connectivity index (χ2n) is 6.73. The van der Waals surface area contributed by atoms with Gasteiger partial charge in [0.05, 0.1) is 25.3 Å². The number of hydrogen-bond acceptors (Lipinski definition) is 5. The Kier molecular flexibility index (Phi) is 7.14. The summed E-state index contributed by atoms with van der Waals surface area (Å²) in [5.74, 6) is 0.241. The number of morpholine rings is 1. The van der Waals surface area contributed by atoms with Gasteiger partial charge >= 0.3 is 0 Å². The Balaban J connectivity index is 1.78. The molecule has 0 saturated carbocycles. The first-order chi connectivity index (χ1) is 14.3. The highest BCUT2D eigenvalue weighted by molar-refractivity contribution is 7.89. The smallest absolute Gasteiger partial charge is 0.248 e. The van der Waals surface area contributed by atoms with E-state index in [1.54, 1.807) is 19.3 Å². The third-order valence-electron chi connectivity index (χ3n) is 4.59. The van der Waals surface area contributed by atoms with Crippen molar-refractivity contribution in [2.24, 2.45) is 0 Å². The zero-order valence-corrected chi connectivity index (χ0v) is 18.3. The van der Waals surface area contributed by atoms with Crippen LogP contribution < -0.4 is 10.1 Å². The van der Waals surface area contributed by atoms with Gasteiger partial charge in [0.25, 0.3) is 0 Å². The van der Waals surface area contributed by atoms with Crippen LogP contribution in [0.5, 0.6) is 5.75 Å². The van der Waals surface area contributed by atoms with Crippen molar-refractivity contribution in [2.75, 3.05) is 38.7 Å². The van der Waals surface area contributed by atoms with Gasteiger partial charge in [-0.05, 0) is 43.3 Å². The molecule has 0 atom stereocenters. The number of nitrogens with one attached hydrogen (secondary N) is 1. The first-order valence-electron chi connectivity index (χ1n) is 9.32. The van der Waals surface area contributed by atoms with Gasteiger partial charge in [0, 0.05) is 30.4 Å². The number of anilines is 1. The van der Waals surface area contributed by atoms with Crippen LogP contribution in [0.25, 0.3) is 6.08 Å². The van der Waals surface area contributed by atoms with Crippen molar-refractivity contribution in [3.63, 3.8) is 0 Å². The SMILES string of the molecule is COc1ccc(C)cc1/C=C/C(=O)Nc1ccc(Cl)c(S(=O)(=O)N2CCOCC2)c1. The van der Waals surface area contributed by atoms with E-state index in [1.165, 1.54) is 22.5 Å². The zero-order valence-electron chi connectivity index (χ0n) is 16.7. The monoisotopic (exact) mass is 450 g/mol. The quantitative estimate of drug-likeness (QED) is 0.682. The Bertz CT molecular complexity index is 1060. The van der Waals surface area contributed by atoms with Gasteiger partial charge in [-0.25, -0.2) is 8.42 Å². The van der Waals surface area contributed by atoms with Gasteiger partial charge < -0.3 is 14.8 Å². The molecule has 1 saturated heterocycles. The summed E-state index contributed by atoms with van der Waals surface area (Å²) in [6.45, 7) is 3.13. The lowest BCUT2D eigenvalue weighted by atomic mass is 10.1. The molecular formula is C21H23ClN2O5S. The molecule has 1 aliphatic rings. The first-order valence-corrected chi connectivity index (χ1v) is 11.1. The Morgan fingerprint density at radius 3 is 2.63 bits per heavy atom. The summed E-state index contributed by atoms with van der Waals surface area (Å²) in [6, 6.07) is 10.0. The number of sulfonamides is 1. The molecule has 1 N–H and O–H groups in total. The molecule has 3 rings (SSSR count). The van der Waals surface area contributed by atoms with Crippen molar-refractivity contribution in [2.45, 2.75) is 11.8 Å². The van der Waals surface area contributed by atoms with Gasteiger partial charge in [-0.1, -0.05) is 23.2 Å². The number of methoxy groups -OCH3 is 1. The van der Waals surface area contributed by atoms with Crippen LogP contribution in [0, 0.1) is 6.92 Å². The minimum Gasteiger partial charge on any atom is -0.496 e. The molecule has 0 unspecified atom stereocenters. The summed E-state index contributed by atoms with van der Waals surface area (Å²) in [7, 11) is -2.22. The van der Waals surface area contributed by atoms with E-state index in [1.807, 2.05) is 25.1 Å². The van der Waals surface area contributed by atoms with Gasteiger partial charge in [-0.2, -0.15) is 4.31 Å². The van der Waals surface area contributed by atoms with Crippen LogP contribution in [-0.2, 0) is 19.6 Å². The van der Waals surface area contributed by atoms with E-state index < -0.39 is 15.9 Å². The molecule has 0 spiro atoms. The van der Waals surface area contributed by atoms with Gasteiger partial charge in [-0.3, -0.25) is 4.79 Å². The summed E-state index contributed by atoms with van der Waals surface area (Å²) in [5, 5.41) is 2.77. The molecule has 2 aromatic carbocycles. The number of carbonyl (C=O) groups excluding carboxylic acids is 1. The number of amides is 1. The number of rotatable bonds is 6. The highest BCUT2D eigenvalue weighted by Gasteiger charge is 2.28. The number of aryl methyl sites for hydroxylation is 1. The molecule has 1 aliphatic heterocycles. The Morgan fingerprint density at radius 2 is 1.93 bits per heavy atom. The second kappa shape index (κ2) is 9.61. The van der Waals surface area contributed by atoms with Crippen LogP contribution in [0.3, 0.4) is 0 Å². The Morgan fingerprint density at radius 1 is 1.20 bits per heavy atom. The lowest BCUT2D eigenvalue weighted by Crippen LogP contribution is -2.40. The number of halogens is 1. The average Bonchev–Trinajstić information content (AvgIpc) is 2.74. The molecule has 1 fully saturated rings. The van der Waals surface area contributed by atoms with E-state index in [-0.39, 0.29) is 23.0 Å². The first kappa shape index (κ1) is 22.3. The minimum absolute atomic E-state index is 0.0480. The standard InChI is InChI=1S/C21H23ClN2O5S/c1-15-3-7-19(28-2)16(13-15)4-8-21(25)23-17-5-6-18(22)20(14-17)30(26,27)24-9-11-29-12-10-24/h3-8,13-14H,9-12H2,1-2H3,(H,23,25)/b8-4+. The second-order valence-corrected chi connectivity index (χ2v) is 9.04. The maximum atomic E-state index is 12.9. The Labute approximate surface area is 181 Å². The van der Waals surface area contributed by atoms with Gasteiger partial charge in [0.2, 0.25) is 15.9 Å². The number of hydrogen-bond donors (Lipinski definition) is 1. The molecule has 0 aromatic heterocycles. The molecule has 30 heavy (non-hydrogen) atoms. The Hall–Kier alpha value is -2.39. The van der Waals surface area contributed by atoms with E-state index in [9.17, 15) is 13.2 Å². The maximum absolute atomic E-state index is 12.9. The van der Waals surface area contributed by atoms with Crippen LogP contribution >= 0.6 is 11.6 Å². The molecule has 9 heteroatoms. The lowest BCUT2D eigenvalue weighted by molar-refractivity contribution is -0.111. The topological polar surface area (TPSA) is 84.9 Å². The summed E-state index contributed by atoms with van der Waals surface area (Å²) < 4.78 is 37.6. The van der Waals surface area contributed by atoms with E-state index in [0.29, 0.717) is 24.7 Å². The normalized spacial score (nSPS) is 15.3. The molecule has 0 aliphatic carbocycles. The largest absolute Gasteiger partial charge is 0.496 e. The molecule has 160 valence electrons. The lowest BCUT2D eigenvalue weighted by Gasteiger charge is -2.26. The van der Waals surface area contributed by atoms with E-state index in [2.05, 4.69) is 5.32 Å². The fraction of sp³-hybridized carbons (Fsp3) is 0.286. The van der Waals surface area contributed by atoms with Gasteiger partial charge in [0.15, 0.2) is 0 Å². The van der Waals surface area contributed by atoms with Crippen LogP contribution in [0.2, 0.25) is 5.02 Å². The fourth-order valence-corrected chi connectivity index (χ4v) is 4.95. The molecule has 2 aromatic rings. The molecular weight excluding hydrogens is 428 g/mol. The third kappa shape index (κ3) is 5.20. The van der Waals surface area contributed by atoms with E-state index in [4.69, 9.17) is 21.1 Å². The van der Waals surface area contributed by atoms with Gasteiger partial charge in [0.1, 0.15) is 10.6 Å². The van der Waals surface area contributed by atoms with E-state index >= 15 is 0 Å². The third-order valence-corrected chi connectivity index (χ3v) is 6.97. The number of ether oxygens (including phenoxy) is 2. The van der Waals surface area contributed by atoms with Crippen molar-refractivity contribution in [1.29, 1.82) is 0 Å². The summed E-state index contributed by atoms with van der Waals surface area (Å²) in [5.41, 5.74) is 2.13. The van der Waals surface area contributed by atoms with Crippen LogP contribution in [0.15, 0.2) is 47.4 Å². The van der Waals surface area contributed by atoms with Crippen molar-refractivity contribution in [1.82, 2.24) is 4.31 Å². The number of carbonyl (C=O) groups is 1. The predicted molar refractivity (Wildman–Crippen MR) is 116 cm³/mol. The minimum atomic E-state index is -3.78. The predicted octanol–water partition coefficient (Wildman–Crippen LogP) is 3.33. The summed E-state index contributed by atoms with van der Waals surface area (Å²) in [6.07, 6.45) is 3.00. The zero-order chi connectivity index (χ0) is 21.7. The number of nitrogens with zero attached hydrogens (tertiary/aromatic N) is 1. The highest BCUT2D eigenvalue weighted by Crippen LogP contribution is 2.28. The molecule has 7 nitrogen and oxygen atoms in total. The van der Waals surface area contributed by atoms with Crippen molar-refractivity contribution < 1.29 is 22.7 Å². The number of benzene rings is 2. The van der Waals surface area contributed by atoms with E-state index in [0.717, 1.165) is 11.1 Å². The van der Waals surface area contributed by atoms with Crippen LogP contribution in [0.1, 0.15) is 11.1 Å². The van der Waals surface area contributed by atoms with Crippen molar-refractivity contribution in [3.05, 3.63) is 58.6 Å². The average molecular weight is 451 g/mol. The molecule has 0 radical (unpaired) electrons. The summed E-state index contributed by atoms with van der Waals surface area (Å²) in [4.78, 5) is 12.3. The fourth-order valence-electron chi connectivity index (χ4n) is 3.04. The van der Waals surface area contributed by atoms with Crippen LogP contribution in [0.4, 0.5) is 5.69 Å². The highest BCUT2D eigenvalue weighted by atomic mass is 35.5. The molecule has 0 bridgehead atoms. The summed E-state index contributed by atoms with van der Waals surface area (Å²) >= 11 is 6.15. The van der Waals surface area contributed by atoms with Crippen molar-refractivity contribution in [3.8, 4) is 5.75 Å².